The van der Waals surface area contributed by atoms with E-state index < -0.39 is 0 Å². The van der Waals surface area contributed by atoms with Crippen LogP contribution in [-0.4, -0.2) is 26.2 Å². The Morgan fingerprint density at radius 1 is 0.750 bits per heavy atom. The fourth-order valence-corrected chi connectivity index (χ4v) is 2.59. The van der Waals surface area contributed by atoms with Crippen LogP contribution in [0.1, 0.15) is 32.1 Å². The minimum absolute atomic E-state index is 0.620. The highest BCUT2D eigenvalue weighted by Gasteiger charge is 2.31. The molecule has 2 aliphatic rings. The van der Waals surface area contributed by atoms with Crippen molar-refractivity contribution >= 4 is 0 Å². The van der Waals surface area contributed by atoms with Crippen LogP contribution in [0.15, 0.2) is 0 Å². The molecule has 2 heterocycles. The van der Waals surface area contributed by atoms with Crippen molar-refractivity contribution in [2.45, 2.75) is 32.1 Å². The van der Waals surface area contributed by atoms with Crippen LogP contribution in [0, 0.1) is 5.41 Å². The first-order valence-electron chi connectivity index (χ1n) is 5.33. The SMILES string of the molecule is C1CCC2(CCCNC2)CNC1. The number of nitrogens with one attached hydrogen (secondary N) is 2. The average molecular weight is 168 g/mol. The number of hydrogen-bond donors (Lipinski definition) is 2. The van der Waals surface area contributed by atoms with Gasteiger partial charge in [0.2, 0.25) is 0 Å². The molecule has 1 atom stereocenters. The Balaban J connectivity index is 1.95. The molecule has 0 radical (unpaired) electrons. The van der Waals surface area contributed by atoms with Gasteiger partial charge in [0, 0.05) is 13.1 Å². The second-order valence-corrected chi connectivity index (χ2v) is 4.41. The quantitative estimate of drug-likeness (QED) is 0.566. The van der Waals surface area contributed by atoms with E-state index in [0.29, 0.717) is 5.41 Å². The summed E-state index contributed by atoms with van der Waals surface area (Å²) < 4.78 is 0. The topological polar surface area (TPSA) is 24.1 Å². The standard InChI is InChI=1S/C10H20N2/c1-2-6-11-8-10(4-1)5-3-7-12-9-10/h11-12H,1-9H2. The number of piperidine rings is 1. The molecule has 0 amide bonds. The van der Waals surface area contributed by atoms with Crippen LogP contribution in [0.4, 0.5) is 0 Å². The Bertz CT molecular complexity index is 129. The van der Waals surface area contributed by atoms with E-state index in [-0.39, 0.29) is 0 Å². The van der Waals surface area contributed by atoms with Crippen LogP contribution >= 0.6 is 0 Å². The van der Waals surface area contributed by atoms with Gasteiger partial charge in [0.15, 0.2) is 0 Å². The Kier molecular flexibility index (Phi) is 2.66. The summed E-state index contributed by atoms with van der Waals surface area (Å²) in [7, 11) is 0. The summed E-state index contributed by atoms with van der Waals surface area (Å²) in [4.78, 5) is 0. The fourth-order valence-electron chi connectivity index (χ4n) is 2.59. The van der Waals surface area contributed by atoms with Crippen LogP contribution in [0.2, 0.25) is 0 Å². The molecule has 0 aromatic rings. The van der Waals surface area contributed by atoms with Gasteiger partial charge in [-0.25, -0.2) is 0 Å². The lowest BCUT2D eigenvalue weighted by molar-refractivity contribution is 0.194. The summed E-state index contributed by atoms with van der Waals surface area (Å²) in [5.41, 5.74) is 0.620. The lowest BCUT2D eigenvalue weighted by atomic mass is 9.77. The van der Waals surface area contributed by atoms with E-state index >= 15 is 0 Å². The zero-order valence-electron chi connectivity index (χ0n) is 7.86. The van der Waals surface area contributed by atoms with E-state index in [0.717, 1.165) is 0 Å². The molecule has 0 bridgehead atoms. The van der Waals surface area contributed by atoms with E-state index in [1.165, 1.54) is 58.3 Å². The molecule has 2 heteroatoms. The predicted octanol–water partition coefficient (Wildman–Crippen LogP) is 1.13. The summed E-state index contributed by atoms with van der Waals surface area (Å²) in [5, 5.41) is 7.10. The van der Waals surface area contributed by atoms with Crippen molar-refractivity contribution in [1.29, 1.82) is 0 Å². The molecule has 2 saturated heterocycles. The molecule has 2 aliphatic heterocycles. The van der Waals surface area contributed by atoms with Gasteiger partial charge in [-0.2, -0.15) is 0 Å². The van der Waals surface area contributed by atoms with Crippen molar-refractivity contribution in [3.05, 3.63) is 0 Å². The van der Waals surface area contributed by atoms with Gasteiger partial charge in [0.25, 0.3) is 0 Å². The molecule has 1 unspecified atom stereocenters. The van der Waals surface area contributed by atoms with Crippen molar-refractivity contribution in [1.82, 2.24) is 10.6 Å². The van der Waals surface area contributed by atoms with Crippen molar-refractivity contribution in [2.24, 2.45) is 5.41 Å². The lowest BCUT2D eigenvalue weighted by Gasteiger charge is -2.36. The van der Waals surface area contributed by atoms with Crippen LogP contribution in [-0.2, 0) is 0 Å². The van der Waals surface area contributed by atoms with Crippen molar-refractivity contribution < 1.29 is 0 Å². The Morgan fingerprint density at radius 3 is 2.08 bits per heavy atom. The molecule has 0 aromatic heterocycles. The van der Waals surface area contributed by atoms with Crippen LogP contribution in [0.25, 0.3) is 0 Å². The molecule has 2 N–H and O–H groups in total. The van der Waals surface area contributed by atoms with Crippen LogP contribution < -0.4 is 10.6 Å². The van der Waals surface area contributed by atoms with Crippen LogP contribution in [0.3, 0.4) is 0 Å². The van der Waals surface area contributed by atoms with Gasteiger partial charge < -0.3 is 10.6 Å². The van der Waals surface area contributed by atoms with Gasteiger partial charge in [-0.05, 0) is 44.2 Å². The van der Waals surface area contributed by atoms with Gasteiger partial charge in [0.1, 0.15) is 0 Å². The minimum Gasteiger partial charge on any atom is -0.316 e. The minimum atomic E-state index is 0.620. The third-order valence-electron chi connectivity index (χ3n) is 3.37. The molecule has 2 rings (SSSR count). The average Bonchev–Trinajstić information content (AvgIpc) is 2.33. The summed E-state index contributed by atoms with van der Waals surface area (Å²) in [6, 6.07) is 0. The highest BCUT2D eigenvalue weighted by molar-refractivity contribution is 4.88. The highest BCUT2D eigenvalue weighted by Crippen LogP contribution is 2.32. The van der Waals surface area contributed by atoms with Crippen molar-refractivity contribution in [3.63, 3.8) is 0 Å². The van der Waals surface area contributed by atoms with Gasteiger partial charge in [0.05, 0.1) is 0 Å². The maximum Gasteiger partial charge on any atom is 0.00200 e. The van der Waals surface area contributed by atoms with Crippen LogP contribution in [0.5, 0.6) is 0 Å². The zero-order chi connectivity index (χ0) is 8.28. The molecule has 0 aromatic carbocycles. The Morgan fingerprint density at radius 2 is 1.42 bits per heavy atom. The second kappa shape index (κ2) is 3.75. The smallest absolute Gasteiger partial charge is 0.00200 e. The fraction of sp³-hybridized carbons (Fsp3) is 1.00. The maximum absolute atomic E-state index is 3.57. The summed E-state index contributed by atoms with van der Waals surface area (Å²) >= 11 is 0. The molecule has 0 saturated carbocycles. The largest absolute Gasteiger partial charge is 0.316 e. The zero-order valence-corrected chi connectivity index (χ0v) is 7.86. The number of hydrogen-bond acceptors (Lipinski definition) is 2. The molecular weight excluding hydrogens is 148 g/mol. The van der Waals surface area contributed by atoms with E-state index in [2.05, 4.69) is 10.6 Å². The number of rotatable bonds is 0. The molecule has 2 nitrogen and oxygen atoms in total. The third kappa shape index (κ3) is 1.80. The lowest BCUT2D eigenvalue weighted by Crippen LogP contribution is -2.45. The van der Waals surface area contributed by atoms with E-state index in [1.807, 2.05) is 0 Å². The monoisotopic (exact) mass is 168 g/mol. The molecule has 12 heavy (non-hydrogen) atoms. The summed E-state index contributed by atoms with van der Waals surface area (Å²) in [5.74, 6) is 0. The summed E-state index contributed by atoms with van der Waals surface area (Å²) in [6.45, 7) is 4.98. The van der Waals surface area contributed by atoms with Gasteiger partial charge in [-0.3, -0.25) is 0 Å². The first kappa shape index (κ1) is 8.52. The van der Waals surface area contributed by atoms with E-state index in [1.54, 1.807) is 0 Å². The van der Waals surface area contributed by atoms with Gasteiger partial charge in [-0.1, -0.05) is 6.42 Å². The molecular formula is C10H20N2. The summed E-state index contributed by atoms with van der Waals surface area (Å²) in [6.07, 6.45) is 7.05. The molecule has 70 valence electrons. The Hall–Kier alpha value is -0.0800. The molecule has 2 fully saturated rings. The Labute approximate surface area is 75.1 Å². The third-order valence-corrected chi connectivity index (χ3v) is 3.37. The normalized spacial score (nSPS) is 38.0. The van der Waals surface area contributed by atoms with E-state index in [9.17, 15) is 0 Å². The predicted molar refractivity (Wildman–Crippen MR) is 51.3 cm³/mol. The van der Waals surface area contributed by atoms with Gasteiger partial charge >= 0.3 is 0 Å². The van der Waals surface area contributed by atoms with Crippen molar-refractivity contribution in [2.75, 3.05) is 26.2 Å². The highest BCUT2D eigenvalue weighted by atomic mass is 14.9. The maximum atomic E-state index is 3.57. The molecule has 1 spiro atoms. The van der Waals surface area contributed by atoms with Gasteiger partial charge in [-0.15, -0.1) is 0 Å². The first-order chi connectivity index (χ1) is 5.91. The second-order valence-electron chi connectivity index (χ2n) is 4.41. The van der Waals surface area contributed by atoms with Crippen molar-refractivity contribution in [3.8, 4) is 0 Å². The first-order valence-corrected chi connectivity index (χ1v) is 5.33. The molecule has 0 aliphatic carbocycles. The van der Waals surface area contributed by atoms with E-state index in [4.69, 9.17) is 0 Å².